The first-order chi connectivity index (χ1) is 8.81. The summed E-state index contributed by atoms with van der Waals surface area (Å²) in [5.74, 6) is 1.51. The molecule has 0 spiro atoms. The zero-order chi connectivity index (χ0) is 12.4. The largest absolute Gasteiger partial charge is 0.414 e. The second-order valence-corrected chi connectivity index (χ2v) is 4.49. The van der Waals surface area contributed by atoms with E-state index in [2.05, 4.69) is 20.5 Å². The summed E-state index contributed by atoms with van der Waals surface area (Å²) in [5.41, 5.74) is 0.851. The van der Waals surface area contributed by atoms with Gasteiger partial charge in [-0.1, -0.05) is 16.7 Å². The molecule has 18 heavy (non-hydrogen) atoms. The fraction of sp³-hybridized carbons (Fsp3) is 0.250. The molecule has 3 rings (SSSR count). The van der Waals surface area contributed by atoms with Crippen LogP contribution in [0.5, 0.6) is 0 Å². The van der Waals surface area contributed by atoms with Crippen LogP contribution in [0.4, 0.5) is 6.01 Å². The summed E-state index contributed by atoms with van der Waals surface area (Å²) in [7, 11) is 0. The van der Waals surface area contributed by atoms with Gasteiger partial charge in [0.1, 0.15) is 0 Å². The van der Waals surface area contributed by atoms with Gasteiger partial charge in [0.2, 0.25) is 0 Å². The van der Waals surface area contributed by atoms with E-state index in [4.69, 9.17) is 16.0 Å². The van der Waals surface area contributed by atoms with Gasteiger partial charge in [-0.25, -0.2) is 0 Å². The molecule has 0 fully saturated rings. The van der Waals surface area contributed by atoms with Crippen molar-refractivity contribution in [2.24, 2.45) is 0 Å². The minimum Gasteiger partial charge on any atom is -0.386 e. The predicted molar refractivity (Wildman–Crippen MR) is 68.4 cm³/mol. The highest BCUT2D eigenvalue weighted by molar-refractivity contribution is 6.30. The molecule has 1 aromatic heterocycles. The molecule has 0 bridgehead atoms. The summed E-state index contributed by atoms with van der Waals surface area (Å²) in [5, 5.41) is 11.7. The molecular formula is C12H12ClN4O+. The number of anilines is 1. The molecule has 2 N–H and O–H groups in total. The van der Waals surface area contributed by atoms with E-state index >= 15 is 0 Å². The first-order valence-corrected chi connectivity index (χ1v) is 6.15. The van der Waals surface area contributed by atoms with Gasteiger partial charge in [-0.2, -0.15) is 5.32 Å². The predicted octanol–water partition coefficient (Wildman–Crippen LogP) is 1.07. The van der Waals surface area contributed by atoms with E-state index in [1.54, 1.807) is 12.1 Å². The average molecular weight is 264 g/mol. The van der Waals surface area contributed by atoms with Crippen molar-refractivity contribution in [2.75, 3.05) is 11.9 Å². The molecule has 5 nitrogen and oxygen atoms in total. The third-order valence-corrected chi connectivity index (χ3v) is 2.97. The van der Waals surface area contributed by atoms with Gasteiger partial charge >= 0.3 is 6.01 Å². The van der Waals surface area contributed by atoms with Crippen molar-refractivity contribution in [3.8, 4) is 11.5 Å². The second-order valence-electron chi connectivity index (χ2n) is 4.05. The molecule has 0 saturated heterocycles. The van der Waals surface area contributed by atoms with Crippen LogP contribution < -0.4 is 10.3 Å². The number of rotatable bonds is 2. The number of nitrogens with one attached hydrogen (secondary N) is 2. The van der Waals surface area contributed by atoms with Gasteiger partial charge in [-0.3, -0.25) is 4.99 Å². The normalized spacial score (nSPS) is 14.6. The Kier molecular flexibility index (Phi) is 2.98. The Morgan fingerprint density at radius 2 is 2.06 bits per heavy atom. The summed E-state index contributed by atoms with van der Waals surface area (Å²) in [4.78, 5) is 3.22. The first-order valence-electron chi connectivity index (χ1n) is 5.77. The number of nitrogens with zero attached hydrogens (tertiary/aromatic N) is 2. The highest BCUT2D eigenvalue weighted by atomic mass is 35.5. The molecule has 6 heteroatoms. The van der Waals surface area contributed by atoms with Crippen LogP contribution in [0.3, 0.4) is 0 Å². The van der Waals surface area contributed by atoms with Gasteiger partial charge in [-0.15, -0.1) is 5.10 Å². The van der Waals surface area contributed by atoms with Gasteiger partial charge < -0.3 is 4.42 Å². The lowest BCUT2D eigenvalue weighted by Crippen LogP contribution is -2.71. The van der Waals surface area contributed by atoms with Crippen LogP contribution >= 0.6 is 11.6 Å². The topological polar surface area (TPSA) is 64.9 Å². The number of hydrogen-bond donors (Lipinski definition) is 2. The molecule has 92 valence electrons. The van der Waals surface area contributed by atoms with E-state index in [0.29, 0.717) is 16.9 Å². The Bertz CT molecular complexity index is 576. The van der Waals surface area contributed by atoms with E-state index in [1.165, 1.54) is 0 Å². The van der Waals surface area contributed by atoms with Gasteiger partial charge in [0.05, 0.1) is 13.0 Å². The summed E-state index contributed by atoms with van der Waals surface area (Å²) in [6.45, 7) is 0.987. The highest BCUT2D eigenvalue weighted by Gasteiger charge is 2.18. The molecule has 2 heterocycles. The Morgan fingerprint density at radius 1 is 1.22 bits per heavy atom. The van der Waals surface area contributed by atoms with Gasteiger partial charge in [-0.05, 0) is 30.7 Å². The molecular weight excluding hydrogens is 252 g/mol. The van der Waals surface area contributed by atoms with Crippen molar-refractivity contribution in [1.29, 1.82) is 0 Å². The Hall–Kier alpha value is -1.88. The smallest absolute Gasteiger partial charge is 0.386 e. The molecule has 1 aromatic carbocycles. The Balaban J connectivity index is 1.78. The molecule has 1 aliphatic heterocycles. The minimum atomic E-state index is 0.407. The summed E-state index contributed by atoms with van der Waals surface area (Å²) in [6.07, 6.45) is 2.11. The van der Waals surface area contributed by atoms with E-state index in [9.17, 15) is 0 Å². The lowest BCUT2D eigenvalue weighted by Gasteiger charge is -1.93. The van der Waals surface area contributed by atoms with Gasteiger partial charge in [0.15, 0.2) is 0 Å². The summed E-state index contributed by atoms with van der Waals surface area (Å²) in [6, 6.07) is 7.69. The maximum absolute atomic E-state index is 5.83. The Labute approximate surface area is 109 Å². The van der Waals surface area contributed by atoms with Crippen LogP contribution in [-0.2, 0) is 0 Å². The number of benzene rings is 1. The van der Waals surface area contributed by atoms with Crippen LogP contribution in [-0.4, -0.2) is 22.6 Å². The van der Waals surface area contributed by atoms with Gasteiger partial charge in [0.25, 0.3) is 11.7 Å². The zero-order valence-corrected chi connectivity index (χ0v) is 10.4. The Morgan fingerprint density at radius 3 is 2.78 bits per heavy atom. The number of hydrogen-bond acceptors (Lipinski definition) is 4. The monoisotopic (exact) mass is 263 g/mol. The minimum absolute atomic E-state index is 0.407. The number of halogens is 1. The van der Waals surface area contributed by atoms with E-state index in [-0.39, 0.29) is 0 Å². The molecule has 0 aliphatic carbocycles. The number of amidine groups is 1. The van der Waals surface area contributed by atoms with Crippen LogP contribution in [0.2, 0.25) is 5.02 Å². The van der Waals surface area contributed by atoms with E-state index < -0.39 is 0 Å². The molecule has 0 atom stereocenters. The van der Waals surface area contributed by atoms with E-state index in [0.717, 1.165) is 30.8 Å². The molecule has 0 radical (unpaired) electrons. The standard InChI is InChI=1S/C12H11ClN4O/c13-9-5-3-8(4-6-9)11-16-17-12(18-11)15-10-2-1-7-14-10/h3-6H,1-2,7H2,(H,14,15,17)/p+1. The summed E-state index contributed by atoms with van der Waals surface area (Å²) < 4.78 is 5.53. The fourth-order valence-electron chi connectivity index (χ4n) is 1.81. The maximum Gasteiger partial charge on any atom is 0.414 e. The van der Waals surface area contributed by atoms with Gasteiger partial charge in [0, 0.05) is 10.6 Å². The van der Waals surface area contributed by atoms with Crippen LogP contribution in [0.25, 0.3) is 11.5 Å². The molecule has 0 unspecified atom stereocenters. The van der Waals surface area contributed by atoms with Crippen molar-refractivity contribution >= 4 is 23.5 Å². The average Bonchev–Trinajstić information content (AvgIpc) is 3.02. The highest BCUT2D eigenvalue weighted by Crippen LogP contribution is 2.21. The number of aromatic nitrogens is 2. The van der Waals surface area contributed by atoms with E-state index in [1.807, 2.05) is 12.1 Å². The zero-order valence-electron chi connectivity index (χ0n) is 9.61. The molecule has 0 saturated carbocycles. The SMILES string of the molecule is Clc1ccc(-c2nnc(NC3=[NH+]CCC3)o2)cc1. The van der Waals surface area contributed by atoms with Crippen LogP contribution in [0.1, 0.15) is 12.8 Å². The van der Waals surface area contributed by atoms with Crippen molar-refractivity contribution in [2.45, 2.75) is 12.8 Å². The molecule has 0 amide bonds. The first kappa shape index (κ1) is 11.2. The van der Waals surface area contributed by atoms with Crippen molar-refractivity contribution in [1.82, 2.24) is 10.2 Å². The third-order valence-electron chi connectivity index (χ3n) is 2.72. The fourth-order valence-corrected chi connectivity index (χ4v) is 1.94. The van der Waals surface area contributed by atoms with Crippen molar-refractivity contribution < 1.29 is 9.41 Å². The third kappa shape index (κ3) is 2.36. The van der Waals surface area contributed by atoms with Crippen LogP contribution in [0, 0.1) is 0 Å². The lowest BCUT2D eigenvalue weighted by atomic mass is 10.2. The van der Waals surface area contributed by atoms with Crippen molar-refractivity contribution in [3.63, 3.8) is 0 Å². The summed E-state index contributed by atoms with van der Waals surface area (Å²) >= 11 is 5.83. The second kappa shape index (κ2) is 4.78. The maximum atomic E-state index is 5.83. The molecule has 1 aliphatic rings. The van der Waals surface area contributed by atoms with Crippen LogP contribution in [0.15, 0.2) is 28.7 Å². The lowest BCUT2D eigenvalue weighted by molar-refractivity contribution is -0.447. The quantitative estimate of drug-likeness (QED) is 0.851. The molecule has 2 aromatic rings. The van der Waals surface area contributed by atoms with Crippen molar-refractivity contribution in [3.05, 3.63) is 29.3 Å².